The molecule has 0 heterocycles. The van der Waals surface area contributed by atoms with Gasteiger partial charge in [-0.15, -0.1) is 0 Å². The molecular formula is C54H102O3. The van der Waals surface area contributed by atoms with Gasteiger partial charge >= 0.3 is 5.97 Å². The van der Waals surface area contributed by atoms with Crippen LogP contribution in [0.25, 0.3) is 0 Å². The summed E-state index contributed by atoms with van der Waals surface area (Å²) in [6.07, 6.45) is 71.7. The molecule has 0 aromatic heterocycles. The first kappa shape index (κ1) is 55.7. The summed E-state index contributed by atoms with van der Waals surface area (Å²) in [5.74, 6) is 0.00880. The molecule has 0 aromatic carbocycles. The van der Waals surface area contributed by atoms with E-state index in [4.69, 9.17) is 9.84 Å². The van der Waals surface area contributed by atoms with Crippen LogP contribution in [0.4, 0.5) is 0 Å². The molecule has 0 atom stereocenters. The zero-order valence-corrected chi connectivity index (χ0v) is 38.8. The SMILES string of the molecule is CC/C=C\C/C=C\C/C=C\CCCCCCCC(=O)OCCCCCCCCCCCCCCCCCCCCCCCCCCCCCCCCCCCCO. The number of hydrogen-bond donors (Lipinski definition) is 1. The molecule has 0 saturated carbocycles. The molecule has 0 radical (unpaired) electrons. The number of allylic oxidation sites excluding steroid dienone is 6. The van der Waals surface area contributed by atoms with Crippen molar-refractivity contribution in [1.82, 2.24) is 0 Å². The topological polar surface area (TPSA) is 46.5 Å². The fourth-order valence-corrected chi connectivity index (χ4v) is 8.02. The third kappa shape index (κ3) is 52.6. The molecule has 3 nitrogen and oxygen atoms in total. The molecule has 0 aliphatic rings. The highest BCUT2D eigenvalue weighted by atomic mass is 16.5. The van der Waals surface area contributed by atoms with Crippen LogP contribution in [0.15, 0.2) is 36.5 Å². The number of aliphatic hydroxyl groups is 1. The standard InChI is InChI=1S/C54H102O3/c1-2-3-4-5-6-7-8-9-30-33-36-39-42-45-48-51-54(56)57-53-50-47-44-41-38-35-32-29-27-25-23-21-19-17-15-13-11-10-12-14-16-18-20-22-24-26-28-31-34-37-40-43-46-49-52-55/h3-4,6-7,9,30,55H,2,5,8,10-29,31-53H2,1H3/b4-3-,7-6-,30-9-. The van der Waals surface area contributed by atoms with Crippen molar-refractivity contribution in [3.8, 4) is 0 Å². The second kappa shape index (κ2) is 52.7. The summed E-state index contributed by atoms with van der Waals surface area (Å²) < 4.78 is 5.47. The largest absolute Gasteiger partial charge is 0.466 e. The summed E-state index contributed by atoms with van der Waals surface area (Å²) >= 11 is 0. The van der Waals surface area contributed by atoms with Crippen molar-refractivity contribution in [1.29, 1.82) is 0 Å². The van der Waals surface area contributed by atoms with Crippen molar-refractivity contribution >= 4 is 5.97 Å². The lowest BCUT2D eigenvalue weighted by Crippen LogP contribution is -2.05. The number of ether oxygens (including phenoxy) is 1. The number of carbonyl (C=O) groups excluding carboxylic acids is 1. The summed E-state index contributed by atoms with van der Waals surface area (Å²) in [7, 11) is 0. The van der Waals surface area contributed by atoms with Crippen LogP contribution in [0.2, 0.25) is 0 Å². The van der Waals surface area contributed by atoms with Crippen molar-refractivity contribution in [2.75, 3.05) is 13.2 Å². The van der Waals surface area contributed by atoms with Crippen molar-refractivity contribution in [3.05, 3.63) is 36.5 Å². The van der Waals surface area contributed by atoms with E-state index < -0.39 is 0 Å². The third-order valence-corrected chi connectivity index (χ3v) is 11.8. The molecule has 0 aliphatic heterocycles. The molecule has 336 valence electrons. The van der Waals surface area contributed by atoms with Gasteiger partial charge in [-0.2, -0.15) is 0 Å². The van der Waals surface area contributed by atoms with Crippen LogP contribution in [-0.4, -0.2) is 24.3 Å². The monoisotopic (exact) mass is 799 g/mol. The summed E-state index contributed by atoms with van der Waals surface area (Å²) in [4.78, 5) is 12.0. The lowest BCUT2D eigenvalue weighted by molar-refractivity contribution is -0.143. The van der Waals surface area contributed by atoms with E-state index in [9.17, 15) is 4.79 Å². The average Bonchev–Trinajstić information content (AvgIpc) is 3.22. The molecule has 0 unspecified atom stereocenters. The summed E-state index contributed by atoms with van der Waals surface area (Å²) in [5.41, 5.74) is 0. The Kier molecular flexibility index (Phi) is 51.4. The maximum absolute atomic E-state index is 12.0. The number of unbranched alkanes of at least 4 members (excludes halogenated alkanes) is 38. The number of hydrogen-bond acceptors (Lipinski definition) is 3. The van der Waals surface area contributed by atoms with E-state index in [2.05, 4.69) is 43.4 Å². The summed E-state index contributed by atoms with van der Waals surface area (Å²) in [6.45, 7) is 3.16. The number of carbonyl (C=O) groups is 1. The van der Waals surface area contributed by atoms with Gasteiger partial charge in [0.1, 0.15) is 0 Å². The van der Waals surface area contributed by atoms with Crippen molar-refractivity contribution in [3.63, 3.8) is 0 Å². The average molecular weight is 799 g/mol. The molecule has 0 fully saturated rings. The molecule has 0 saturated heterocycles. The fraction of sp³-hybridized carbons (Fsp3) is 0.870. The fourth-order valence-electron chi connectivity index (χ4n) is 8.02. The van der Waals surface area contributed by atoms with Gasteiger partial charge in [-0.25, -0.2) is 0 Å². The second-order valence-electron chi connectivity index (χ2n) is 17.6. The van der Waals surface area contributed by atoms with E-state index in [0.717, 1.165) is 44.9 Å². The molecule has 3 heteroatoms. The molecule has 0 bridgehead atoms. The van der Waals surface area contributed by atoms with Gasteiger partial charge in [-0.05, 0) is 51.4 Å². The maximum atomic E-state index is 12.0. The third-order valence-electron chi connectivity index (χ3n) is 11.8. The van der Waals surface area contributed by atoms with E-state index in [1.165, 1.54) is 231 Å². The minimum atomic E-state index is 0.00880. The number of esters is 1. The molecule has 1 N–H and O–H groups in total. The highest BCUT2D eigenvalue weighted by Crippen LogP contribution is 2.17. The normalized spacial score (nSPS) is 12.0. The van der Waals surface area contributed by atoms with Gasteiger partial charge < -0.3 is 9.84 Å². The van der Waals surface area contributed by atoms with Crippen LogP contribution >= 0.6 is 0 Å². The zero-order chi connectivity index (χ0) is 41.1. The van der Waals surface area contributed by atoms with Crippen LogP contribution < -0.4 is 0 Å². The first-order valence-electron chi connectivity index (χ1n) is 26.0. The Balaban J connectivity index is 3.16. The van der Waals surface area contributed by atoms with Gasteiger partial charge in [0, 0.05) is 13.0 Å². The highest BCUT2D eigenvalue weighted by molar-refractivity contribution is 5.69. The van der Waals surface area contributed by atoms with Crippen molar-refractivity contribution < 1.29 is 14.6 Å². The minimum Gasteiger partial charge on any atom is -0.466 e. The van der Waals surface area contributed by atoms with Crippen molar-refractivity contribution in [2.24, 2.45) is 0 Å². The lowest BCUT2D eigenvalue weighted by atomic mass is 10.0. The van der Waals surface area contributed by atoms with Crippen LogP contribution in [0.3, 0.4) is 0 Å². The van der Waals surface area contributed by atoms with Crippen molar-refractivity contribution in [2.45, 2.75) is 289 Å². The van der Waals surface area contributed by atoms with Gasteiger partial charge in [0.15, 0.2) is 0 Å². The quantitative estimate of drug-likeness (QED) is 0.0379. The van der Waals surface area contributed by atoms with E-state index in [0.29, 0.717) is 19.6 Å². The Labute approximate surface area is 358 Å². The van der Waals surface area contributed by atoms with Crippen LogP contribution in [0.1, 0.15) is 289 Å². The van der Waals surface area contributed by atoms with Crippen LogP contribution in [-0.2, 0) is 9.53 Å². The molecule has 57 heavy (non-hydrogen) atoms. The molecule has 0 rings (SSSR count). The summed E-state index contributed by atoms with van der Waals surface area (Å²) in [5, 5.41) is 8.82. The molecule has 0 aromatic rings. The first-order valence-corrected chi connectivity index (χ1v) is 26.0. The Morgan fingerprint density at radius 2 is 0.632 bits per heavy atom. The smallest absolute Gasteiger partial charge is 0.305 e. The minimum absolute atomic E-state index is 0.00880. The molecule has 0 aliphatic carbocycles. The Bertz CT molecular complexity index is 829. The lowest BCUT2D eigenvalue weighted by Gasteiger charge is -2.06. The summed E-state index contributed by atoms with van der Waals surface area (Å²) in [6, 6.07) is 0. The van der Waals surface area contributed by atoms with Crippen LogP contribution in [0, 0.1) is 0 Å². The Morgan fingerprint density at radius 3 is 0.982 bits per heavy atom. The predicted molar refractivity (Wildman–Crippen MR) is 254 cm³/mol. The Hall–Kier alpha value is -1.35. The van der Waals surface area contributed by atoms with E-state index >= 15 is 0 Å². The van der Waals surface area contributed by atoms with E-state index in [1.54, 1.807) is 0 Å². The van der Waals surface area contributed by atoms with Gasteiger partial charge in [0.05, 0.1) is 6.61 Å². The van der Waals surface area contributed by atoms with Gasteiger partial charge in [-0.1, -0.05) is 268 Å². The van der Waals surface area contributed by atoms with E-state index in [1.807, 2.05) is 0 Å². The number of aliphatic hydroxyl groups excluding tert-OH is 1. The molecule has 0 spiro atoms. The maximum Gasteiger partial charge on any atom is 0.305 e. The molecule has 0 amide bonds. The predicted octanol–water partition coefficient (Wildman–Crippen LogP) is 18.4. The number of rotatable bonds is 49. The second-order valence-corrected chi connectivity index (χ2v) is 17.6. The first-order chi connectivity index (χ1) is 28.3. The van der Waals surface area contributed by atoms with Gasteiger partial charge in [0.2, 0.25) is 0 Å². The Morgan fingerprint density at radius 1 is 0.351 bits per heavy atom. The van der Waals surface area contributed by atoms with Crippen LogP contribution in [0.5, 0.6) is 0 Å². The molecular weight excluding hydrogens is 697 g/mol. The highest BCUT2D eigenvalue weighted by Gasteiger charge is 2.03. The van der Waals surface area contributed by atoms with Gasteiger partial charge in [-0.3, -0.25) is 4.79 Å². The van der Waals surface area contributed by atoms with Gasteiger partial charge in [0.25, 0.3) is 0 Å². The zero-order valence-electron chi connectivity index (χ0n) is 38.8. The van der Waals surface area contributed by atoms with E-state index in [-0.39, 0.29) is 5.97 Å².